The fraction of sp³-hybridized carbons (Fsp3) is 0.417. The van der Waals surface area contributed by atoms with Crippen molar-refractivity contribution in [3.8, 4) is 11.5 Å². The molecule has 0 heterocycles. The summed E-state index contributed by atoms with van der Waals surface area (Å²) in [5, 5.41) is 0. The van der Waals surface area contributed by atoms with Crippen molar-refractivity contribution in [1.82, 2.24) is 0 Å². The molecule has 1 aromatic rings. The monoisotopic (exact) mass is 239 g/mol. The van der Waals surface area contributed by atoms with Crippen molar-refractivity contribution in [2.45, 2.75) is 19.8 Å². The van der Waals surface area contributed by atoms with Gasteiger partial charge in [0, 0.05) is 6.42 Å². The number of ether oxygens (including phenoxy) is 2. The SMILES string of the molecule is CCOc1ccccc1OCCCC(N)=S. The van der Waals surface area contributed by atoms with Crippen molar-refractivity contribution in [3.05, 3.63) is 24.3 Å². The molecule has 0 saturated carbocycles. The molecule has 0 radical (unpaired) electrons. The minimum absolute atomic E-state index is 0.529. The lowest BCUT2D eigenvalue weighted by Gasteiger charge is -2.11. The smallest absolute Gasteiger partial charge is 0.161 e. The first-order chi connectivity index (χ1) is 7.74. The number of para-hydroxylation sites is 2. The largest absolute Gasteiger partial charge is 0.490 e. The minimum atomic E-state index is 0.529. The Morgan fingerprint density at radius 1 is 1.25 bits per heavy atom. The highest BCUT2D eigenvalue weighted by Gasteiger charge is 2.02. The molecule has 0 aliphatic carbocycles. The molecule has 1 aromatic carbocycles. The number of thiocarbonyl (C=S) groups is 1. The number of hydrogen-bond donors (Lipinski definition) is 1. The Labute approximate surface area is 102 Å². The molecule has 88 valence electrons. The first-order valence-electron chi connectivity index (χ1n) is 5.37. The molecule has 0 saturated heterocycles. The van der Waals surface area contributed by atoms with Crippen LogP contribution in [0.2, 0.25) is 0 Å². The number of hydrogen-bond acceptors (Lipinski definition) is 3. The fourth-order valence-corrected chi connectivity index (χ4v) is 1.42. The molecular formula is C12H17NO2S. The fourth-order valence-electron chi connectivity index (χ4n) is 1.27. The first-order valence-corrected chi connectivity index (χ1v) is 5.77. The quantitative estimate of drug-likeness (QED) is 0.586. The van der Waals surface area contributed by atoms with Gasteiger partial charge in [-0.25, -0.2) is 0 Å². The molecule has 16 heavy (non-hydrogen) atoms. The normalized spacial score (nSPS) is 9.81. The van der Waals surface area contributed by atoms with E-state index in [4.69, 9.17) is 27.4 Å². The van der Waals surface area contributed by atoms with Crippen molar-refractivity contribution in [2.75, 3.05) is 13.2 Å². The van der Waals surface area contributed by atoms with E-state index in [0.29, 0.717) is 24.6 Å². The van der Waals surface area contributed by atoms with Crippen LogP contribution < -0.4 is 15.2 Å². The Bertz CT molecular complexity index is 342. The predicted octanol–water partition coefficient (Wildman–Crippen LogP) is 2.53. The van der Waals surface area contributed by atoms with Gasteiger partial charge >= 0.3 is 0 Å². The Kier molecular flexibility index (Phi) is 5.64. The van der Waals surface area contributed by atoms with E-state index in [1.54, 1.807) is 0 Å². The molecule has 0 aromatic heterocycles. The van der Waals surface area contributed by atoms with Crippen LogP contribution in [0.5, 0.6) is 11.5 Å². The van der Waals surface area contributed by atoms with E-state index in [0.717, 1.165) is 17.9 Å². The van der Waals surface area contributed by atoms with Gasteiger partial charge in [-0.3, -0.25) is 0 Å². The molecule has 0 fully saturated rings. The van der Waals surface area contributed by atoms with Gasteiger partial charge in [0.2, 0.25) is 0 Å². The lowest BCUT2D eigenvalue weighted by molar-refractivity contribution is 0.275. The van der Waals surface area contributed by atoms with Crippen LogP contribution in [0.1, 0.15) is 19.8 Å². The summed E-state index contributed by atoms with van der Waals surface area (Å²) in [6.07, 6.45) is 1.54. The Morgan fingerprint density at radius 3 is 2.44 bits per heavy atom. The zero-order valence-corrected chi connectivity index (χ0v) is 10.3. The average Bonchev–Trinajstić information content (AvgIpc) is 2.26. The standard InChI is InChI=1S/C12H17NO2S/c1-2-14-10-6-3-4-7-11(10)15-9-5-8-12(13)16/h3-4,6-7H,2,5,8-9H2,1H3,(H2,13,16). The topological polar surface area (TPSA) is 44.5 Å². The van der Waals surface area contributed by atoms with Gasteiger partial charge < -0.3 is 15.2 Å². The lowest BCUT2D eigenvalue weighted by Crippen LogP contribution is -2.09. The molecule has 0 spiro atoms. The van der Waals surface area contributed by atoms with Crippen LogP contribution in [-0.2, 0) is 0 Å². The summed E-state index contributed by atoms with van der Waals surface area (Å²) in [5.74, 6) is 1.55. The second kappa shape index (κ2) is 7.06. The summed E-state index contributed by atoms with van der Waals surface area (Å²) in [4.78, 5) is 0.529. The predicted molar refractivity (Wildman–Crippen MR) is 69.1 cm³/mol. The van der Waals surface area contributed by atoms with Crippen molar-refractivity contribution in [3.63, 3.8) is 0 Å². The molecule has 0 amide bonds. The van der Waals surface area contributed by atoms with Gasteiger partial charge in [0.1, 0.15) is 0 Å². The molecule has 0 aliphatic heterocycles. The summed E-state index contributed by atoms with van der Waals surface area (Å²) in [6.45, 7) is 3.18. The van der Waals surface area contributed by atoms with E-state index in [-0.39, 0.29) is 0 Å². The number of benzene rings is 1. The van der Waals surface area contributed by atoms with Gasteiger partial charge in [-0.15, -0.1) is 0 Å². The first kappa shape index (κ1) is 12.8. The van der Waals surface area contributed by atoms with Crippen LogP contribution in [0.25, 0.3) is 0 Å². The van der Waals surface area contributed by atoms with Crippen LogP contribution in [0.4, 0.5) is 0 Å². The van der Waals surface area contributed by atoms with Crippen molar-refractivity contribution in [1.29, 1.82) is 0 Å². The highest BCUT2D eigenvalue weighted by molar-refractivity contribution is 7.80. The molecule has 2 N–H and O–H groups in total. The second-order valence-corrected chi connectivity index (χ2v) is 3.82. The van der Waals surface area contributed by atoms with Gasteiger partial charge in [0.05, 0.1) is 18.2 Å². The second-order valence-electron chi connectivity index (χ2n) is 3.30. The van der Waals surface area contributed by atoms with Crippen molar-refractivity contribution < 1.29 is 9.47 Å². The summed E-state index contributed by atoms with van der Waals surface area (Å²) in [6, 6.07) is 7.64. The van der Waals surface area contributed by atoms with Gasteiger partial charge in [-0.2, -0.15) is 0 Å². The molecule has 3 nitrogen and oxygen atoms in total. The van der Waals surface area contributed by atoms with E-state index < -0.39 is 0 Å². The van der Waals surface area contributed by atoms with E-state index >= 15 is 0 Å². The van der Waals surface area contributed by atoms with E-state index in [1.165, 1.54) is 0 Å². The van der Waals surface area contributed by atoms with E-state index in [9.17, 15) is 0 Å². The molecule has 4 heteroatoms. The molecule has 0 aliphatic rings. The van der Waals surface area contributed by atoms with Crippen LogP contribution in [0.3, 0.4) is 0 Å². The van der Waals surface area contributed by atoms with Gasteiger partial charge in [-0.1, -0.05) is 24.4 Å². The van der Waals surface area contributed by atoms with Crippen molar-refractivity contribution in [2.24, 2.45) is 5.73 Å². The third-order valence-corrected chi connectivity index (χ3v) is 2.18. The summed E-state index contributed by atoms with van der Waals surface area (Å²) >= 11 is 4.79. The average molecular weight is 239 g/mol. The molecular weight excluding hydrogens is 222 g/mol. The molecule has 0 bridgehead atoms. The van der Waals surface area contributed by atoms with Crippen LogP contribution >= 0.6 is 12.2 Å². The van der Waals surface area contributed by atoms with E-state index in [1.807, 2.05) is 31.2 Å². The van der Waals surface area contributed by atoms with Crippen LogP contribution in [0.15, 0.2) is 24.3 Å². The van der Waals surface area contributed by atoms with Gasteiger partial charge in [-0.05, 0) is 25.5 Å². The molecule has 0 unspecified atom stereocenters. The summed E-state index contributed by atoms with van der Waals surface area (Å²) < 4.78 is 11.0. The van der Waals surface area contributed by atoms with Crippen LogP contribution in [0, 0.1) is 0 Å². The maximum Gasteiger partial charge on any atom is 0.161 e. The maximum absolute atomic E-state index is 5.60. The van der Waals surface area contributed by atoms with Crippen molar-refractivity contribution >= 4 is 17.2 Å². The zero-order chi connectivity index (χ0) is 11.8. The third kappa shape index (κ3) is 4.49. The Morgan fingerprint density at radius 2 is 1.88 bits per heavy atom. The Hall–Kier alpha value is -1.29. The minimum Gasteiger partial charge on any atom is -0.490 e. The lowest BCUT2D eigenvalue weighted by atomic mass is 10.3. The zero-order valence-electron chi connectivity index (χ0n) is 9.44. The Balaban J connectivity index is 2.43. The highest BCUT2D eigenvalue weighted by atomic mass is 32.1. The maximum atomic E-state index is 5.60. The summed E-state index contributed by atoms with van der Waals surface area (Å²) in [5.41, 5.74) is 5.40. The molecule has 1 rings (SSSR count). The third-order valence-electron chi connectivity index (χ3n) is 1.97. The summed E-state index contributed by atoms with van der Waals surface area (Å²) in [7, 11) is 0. The van der Waals surface area contributed by atoms with Gasteiger partial charge in [0.15, 0.2) is 11.5 Å². The van der Waals surface area contributed by atoms with E-state index in [2.05, 4.69) is 0 Å². The van der Waals surface area contributed by atoms with Crippen LogP contribution in [-0.4, -0.2) is 18.2 Å². The highest BCUT2D eigenvalue weighted by Crippen LogP contribution is 2.26. The molecule has 0 atom stereocenters. The number of rotatable bonds is 7. The van der Waals surface area contributed by atoms with Gasteiger partial charge in [0.25, 0.3) is 0 Å². The number of nitrogens with two attached hydrogens (primary N) is 1.